The zero-order valence-electron chi connectivity index (χ0n) is 10.9. The molecule has 0 aliphatic carbocycles. The molecule has 2 aromatic heterocycles. The lowest BCUT2D eigenvalue weighted by molar-refractivity contribution is 0.509. The van der Waals surface area contributed by atoms with Gasteiger partial charge in [0.25, 0.3) is 0 Å². The number of halogens is 2. The molecule has 0 aliphatic rings. The average Bonchev–Trinajstić information content (AvgIpc) is 3.07. The molecule has 0 atom stereocenters. The maximum atomic E-state index is 13.5. The van der Waals surface area contributed by atoms with E-state index in [0.29, 0.717) is 22.1 Å². The van der Waals surface area contributed by atoms with E-state index in [1.54, 1.807) is 6.92 Å². The zero-order chi connectivity index (χ0) is 15.0. The second-order valence-electron chi connectivity index (χ2n) is 4.23. The standard InChI is InChI=1S/C12H10F2N6S/c1-6-16-18-12(21-6)20-11(10(5-15)17-19-20)7-2-3-8(13)9(14)4-7/h2-4H,5,15H2,1H3. The maximum absolute atomic E-state index is 13.5. The second-order valence-corrected chi connectivity index (χ2v) is 5.39. The van der Waals surface area contributed by atoms with Crippen LogP contribution in [-0.4, -0.2) is 25.2 Å². The Labute approximate surface area is 122 Å². The Morgan fingerprint density at radius 2 is 2.00 bits per heavy atom. The molecule has 0 unspecified atom stereocenters. The van der Waals surface area contributed by atoms with Crippen molar-refractivity contribution in [3.05, 3.63) is 40.5 Å². The molecule has 1 aromatic carbocycles. The molecule has 0 aliphatic heterocycles. The van der Waals surface area contributed by atoms with Crippen LogP contribution < -0.4 is 5.73 Å². The Bertz CT molecular complexity index is 797. The van der Waals surface area contributed by atoms with Gasteiger partial charge in [0.05, 0.1) is 0 Å². The Kier molecular flexibility index (Phi) is 3.43. The number of hydrogen-bond donors (Lipinski definition) is 1. The molecule has 6 nitrogen and oxygen atoms in total. The van der Waals surface area contributed by atoms with E-state index in [1.165, 1.54) is 22.1 Å². The monoisotopic (exact) mass is 308 g/mol. The van der Waals surface area contributed by atoms with E-state index in [-0.39, 0.29) is 6.54 Å². The van der Waals surface area contributed by atoms with Crippen LogP contribution in [0.5, 0.6) is 0 Å². The third-order valence-corrected chi connectivity index (χ3v) is 3.64. The van der Waals surface area contributed by atoms with Gasteiger partial charge in [-0.15, -0.1) is 15.3 Å². The molecule has 0 amide bonds. The number of aromatic nitrogens is 5. The van der Waals surface area contributed by atoms with E-state index in [0.717, 1.165) is 17.1 Å². The summed E-state index contributed by atoms with van der Waals surface area (Å²) in [6.07, 6.45) is 0. The minimum absolute atomic E-state index is 0.117. The van der Waals surface area contributed by atoms with Gasteiger partial charge in [-0.3, -0.25) is 0 Å². The summed E-state index contributed by atoms with van der Waals surface area (Å²) < 4.78 is 28.0. The Balaban J connectivity index is 2.20. The highest BCUT2D eigenvalue weighted by Crippen LogP contribution is 2.27. The van der Waals surface area contributed by atoms with Crippen molar-refractivity contribution in [2.24, 2.45) is 5.73 Å². The zero-order valence-corrected chi connectivity index (χ0v) is 11.7. The highest BCUT2D eigenvalue weighted by molar-refractivity contribution is 7.13. The summed E-state index contributed by atoms with van der Waals surface area (Å²) in [5.41, 5.74) is 7.01. The van der Waals surface area contributed by atoms with E-state index in [9.17, 15) is 8.78 Å². The van der Waals surface area contributed by atoms with Gasteiger partial charge >= 0.3 is 0 Å². The van der Waals surface area contributed by atoms with Crippen LogP contribution in [0, 0.1) is 18.6 Å². The van der Waals surface area contributed by atoms with Gasteiger partial charge in [-0.2, -0.15) is 4.68 Å². The molecule has 0 radical (unpaired) electrons. The van der Waals surface area contributed by atoms with Crippen molar-refractivity contribution < 1.29 is 8.78 Å². The van der Waals surface area contributed by atoms with Crippen molar-refractivity contribution in [1.82, 2.24) is 25.2 Å². The van der Waals surface area contributed by atoms with Crippen LogP contribution in [-0.2, 0) is 6.54 Å². The first-order valence-electron chi connectivity index (χ1n) is 6.00. The Morgan fingerprint density at radius 3 is 2.62 bits per heavy atom. The molecular formula is C12H10F2N6S. The highest BCUT2D eigenvalue weighted by atomic mass is 32.1. The van der Waals surface area contributed by atoms with Gasteiger partial charge < -0.3 is 5.73 Å². The largest absolute Gasteiger partial charge is 0.325 e. The highest BCUT2D eigenvalue weighted by Gasteiger charge is 2.19. The van der Waals surface area contributed by atoms with Crippen molar-refractivity contribution >= 4 is 11.3 Å². The fourth-order valence-corrected chi connectivity index (χ4v) is 2.53. The lowest BCUT2D eigenvalue weighted by atomic mass is 10.1. The molecular weight excluding hydrogens is 298 g/mol. The van der Waals surface area contributed by atoms with Crippen molar-refractivity contribution in [2.75, 3.05) is 0 Å². The van der Waals surface area contributed by atoms with Crippen LogP contribution in [0.15, 0.2) is 18.2 Å². The number of nitrogens with zero attached hydrogens (tertiary/aromatic N) is 5. The molecule has 2 N–H and O–H groups in total. The van der Waals surface area contributed by atoms with E-state index in [1.807, 2.05) is 0 Å². The summed E-state index contributed by atoms with van der Waals surface area (Å²) in [6.45, 7) is 1.92. The first-order chi connectivity index (χ1) is 10.1. The molecule has 21 heavy (non-hydrogen) atoms. The Hall–Kier alpha value is -2.26. The quantitative estimate of drug-likeness (QED) is 0.798. The topological polar surface area (TPSA) is 82.5 Å². The van der Waals surface area contributed by atoms with E-state index in [2.05, 4.69) is 20.5 Å². The molecule has 108 valence electrons. The summed E-state index contributed by atoms with van der Waals surface area (Å²) in [5.74, 6) is -1.87. The van der Waals surface area contributed by atoms with Crippen molar-refractivity contribution in [3.8, 4) is 16.4 Å². The summed E-state index contributed by atoms with van der Waals surface area (Å²) in [4.78, 5) is 0. The fourth-order valence-electron chi connectivity index (χ4n) is 1.89. The number of nitrogens with two attached hydrogens (primary N) is 1. The van der Waals surface area contributed by atoms with Gasteiger partial charge in [0.2, 0.25) is 5.13 Å². The van der Waals surface area contributed by atoms with Crippen LogP contribution in [0.3, 0.4) is 0 Å². The predicted octanol–water partition coefficient (Wildman–Crippen LogP) is 1.83. The fraction of sp³-hybridized carbons (Fsp3) is 0.167. The van der Waals surface area contributed by atoms with Crippen molar-refractivity contribution in [3.63, 3.8) is 0 Å². The van der Waals surface area contributed by atoms with Crippen LogP contribution in [0.25, 0.3) is 16.4 Å². The van der Waals surface area contributed by atoms with Crippen molar-refractivity contribution in [1.29, 1.82) is 0 Å². The molecule has 0 saturated carbocycles. The Morgan fingerprint density at radius 1 is 1.19 bits per heavy atom. The molecule has 0 spiro atoms. The molecule has 9 heteroatoms. The number of hydrogen-bond acceptors (Lipinski definition) is 6. The lowest BCUT2D eigenvalue weighted by Gasteiger charge is -2.05. The van der Waals surface area contributed by atoms with Crippen LogP contribution in [0.4, 0.5) is 8.78 Å². The molecule has 2 heterocycles. The van der Waals surface area contributed by atoms with E-state index < -0.39 is 11.6 Å². The molecule has 0 bridgehead atoms. The molecule has 0 fully saturated rings. The smallest absolute Gasteiger partial charge is 0.234 e. The van der Waals surface area contributed by atoms with Gasteiger partial charge in [-0.05, 0) is 25.1 Å². The van der Waals surface area contributed by atoms with Crippen molar-refractivity contribution in [2.45, 2.75) is 13.5 Å². The molecule has 3 rings (SSSR count). The summed E-state index contributed by atoms with van der Waals surface area (Å²) in [6, 6.07) is 3.58. The predicted molar refractivity (Wildman–Crippen MR) is 72.8 cm³/mol. The van der Waals surface area contributed by atoms with Gasteiger partial charge in [0, 0.05) is 12.1 Å². The first kappa shape index (κ1) is 13.7. The maximum Gasteiger partial charge on any atom is 0.234 e. The van der Waals surface area contributed by atoms with Gasteiger partial charge in [0.1, 0.15) is 16.4 Å². The third-order valence-electron chi connectivity index (χ3n) is 2.82. The summed E-state index contributed by atoms with van der Waals surface area (Å²) in [7, 11) is 0. The number of rotatable bonds is 3. The number of aryl methyl sites for hydroxylation is 1. The minimum Gasteiger partial charge on any atom is -0.325 e. The average molecular weight is 308 g/mol. The SMILES string of the molecule is Cc1nnc(-n2nnc(CN)c2-c2ccc(F)c(F)c2)s1. The van der Waals surface area contributed by atoms with Gasteiger partial charge in [0.15, 0.2) is 11.6 Å². The van der Waals surface area contributed by atoms with Crippen LogP contribution in [0.2, 0.25) is 0 Å². The number of benzene rings is 1. The normalized spacial score (nSPS) is 11.0. The van der Waals surface area contributed by atoms with Crippen LogP contribution in [0.1, 0.15) is 10.7 Å². The third kappa shape index (κ3) is 2.41. The van der Waals surface area contributed by atoms with Crippen LogP contribution >= 0.6 is 11.3 Å². The second kappa shape index (κ2) is 5.26. The van der Waals surface area contributed by atoms with Gasteiger partial charge in [-0.25, -0.2) is 8.78 Å². The van der Waals surface area contributed by atoms with E-state index in [4.69, 9.17) is 5.73 Å². The first-order valence-corrected chi connectivity index (χ1v) is 6.82. The molecule has 3 aromatic rings. The van der Waals surface area contributed by atoms with Gasteiger partial charge in [-0.1, -0.05) is 16.6 Å². The lowest BCUT2D eigenvalue weighted by Crippen LogP contribution is -2.03. The molecule has 0 saturated heterocycles. The summed E-state index contributed by atoms with van der Waals surface area (Å²) in [5, 5.41) is 17.1. The summed E-state index contributed by atoms with van der Waals surface area (Å²) >= 11 is 1.31. The minimum atomic E-state index is -0.948. The van der Waals surface area contributed by atoms with E-state index >= 15 is 0 Å².